The summed E-state index contributed by atoms with van der Waals surface area (Å²) in [6.45, 7) is 5.88. The van der Waals surface area contributed by atoms with E-state index in [0.717, 1.165) is 60.4 Å². The number of guanidine groups is 1. The van der Waals surface area contributed by atoms with E-state index in [1.165, 1.54) is 5.57 Å². The molecule has 0 spiro atoms. The van der Waals surface area contributed by atoms with Crippen molar-refractivity contribution in [1.29, 1.82) is 0 Å². The number of rotatable bonds is 14. The zero-order valence-electron chi connectivity index (χ0n) is 23.7. The predicted molar refractivity (Wildman–Crippen MR) is 162 cm³/mol. The summed E-state index contributed by atoms with van der Waals surface area (Å²) in [6.07, 6.45) is 9.51. The Balaban J connectivity index is 0.000000587. The van der Waals surface area contributed by atoms with E-state index in [1.807, 2.05) is 44.2 Å². The van der Waals surface area contributed by atoms with Gasteiger partial charge in [0, 0.05) is 17.9 Å². The summed E-state index contributed by atoms with van der Waals surface area (Å²) in [5.74, 6) is 0.0114. The third-order valence-corrected chi connectivity index (χ3v) is 6.26. The summed E-state index contributed by atoms with van der Waals surface area (Å²) in [5, 5.41) is 21.7. The Labute approximate surface area is 240 Å². The Morgan fingerprint density at radius 2 is 1.98 bits per heavy atom. The summed E-state index contributed by atoms with van der Waals surface area (Å²) in [4.78, 5) is 34.5. The summed E-state index contributed by atoms with van der Waals surface area (Å²) in [5.41, 5.74) is 17.4. The summed E-state index contributed by atoms with van der Waals surface area (Å²) in [6, 6.07) is 7.45. The smallest absolute Gasteiger partial charge is 0.326 e. The molecule has 1 aliphatic heterocycles. The topological polar surface area (TPSA) is 193 Å². The molecule has 4 rings (SSSR count). The molecule has 2 aromatic rings. The Kier molecular flexibility index (Phi) is 12.1. The van der Waals surface area contributed by atoms with E-state index in [4.69, 9.17) is 16.5 Å². The molecule has 1 unspecified atom stereocenters. The molecule has 0 saturated heterocycles. The van der Waals surface area contributed by atoms with Crippen molar-refractivity contribution in [2.75, 3.05) is 18.4 Å². The van der Waals surface area contributed by atoms with Crippen LogP contribution in [0.3, 0.4) is 0 Å². The maximum absolute atomic E-state index is 11.6. The lowest BCUT2D eigenvalue weighted by Crippen LogP contribution is -2.35. The number of carbonyl (C=O) groups excluding carboxylic acids is 1. The van der Waals surface area contributed by atoms with E-state index < -0.39 is 12.0 Å². The van der Waals surface area contributed by atoms with Gasteiger partial charge in [-0.15, -0.1) is 0 Å². The molecule has 1 fully saturated rings. The second-order valence-corrected chi connectivity index (χ2v) is 9.63. The van der Waals surface area contributed by atoms with Crippen molar-refractivity contribution in [2.24, 2.45) is 16.5 Å². The Hall–Kier alpha value is -4.45. The summed E-state index contributed by atoms with van der Waals surface area (Å²) < 4.78 is 0. The lowest BCUT2D eigenvalue weighted by atomic mass is 10.1. The van der Waals surface area contributed by atoms with Gasteiger partial charge in [-0.1, -0.05) is 38.5 Å². The lowest BCUT2D eigenvalue weighted by molar-refractivity contribution is -0.139. The van der Waals surface area contributed by atoms with Crippen LogP contribution in [-0.2, 0) is 16.1 Å². The number of aliphatic carboxylic acids is 1. The van der Waals surface area contributed by atoms with Gasteiger partial charge < -0.3 is 37.8 Å². The number of amides is 1. The summed E-state index contributed by atoms with van der Waals surface area (Å²) >= 11 is 0. The number of hydrogen-bond donors (Lipinski definition) is 7. The van der Waals surface area contributed by atoms with Gasteiger partial charge >= 0.3 is 5.97 Å². The highest BCUT2D eigenvalue weighted by molar-refractivity contribution is 5.94. The number of carboxylic acid groups (broad SMARTS) is 1. The Morgan fingerprint density at radius 3 is 2.59 bits per heavy atom. The molecule has 12 nitrogen and oxygen atoms in total. The zero-order chi connectivity index (χ0) is 29.6. The van der Waals surface area contributed by atoms with Crippen molar-refractivity contribution >= 4 is 41.2 Å². The van der Waals surface area contributed by atoms with Gasteiger partial charge in [-0.3, -0.25) is 4.79 Å². The first-order chi connectivity index (χ1) is 19.9. The number of allylic oxidation sites excluding steroid dienone is 2. The standard InChI is InChI=1S/C25H31N7O2.C4H10N2O/c1-3-5-19-22-23(32-25(26)31-19)28-14-18(29-22)13-27-17-11-9-16(10-12-17)21(15-7-8-15)30-20(6-4-2)24(33)34;5-2-1-3-6-4-7/h5,9-12,14,20,27,30H,3-4,6-8,13H2,1-2H3,(H,33,34)(H3,26,28,31,32);4H,1-3,5H2,(H,6,7)/b19-5-;. The third kappa shape index (κ3) is 9.60. The predicted octanol–water partition coefficient (Wildman–Crippen LogP) is 2.82. The average molecular weight is 564 g/mol. The molecule has 0 bridgehead atoms. The van der Waals surface area contributed by atoms with Crippen LogP contribution in [0.25, 0.3) is 11.4 Å². The van der Waals surface area contributed by atoms with Crippen LogP contribution in [0.5, 0.6) is 0 Å². The van der Waals surface area contributed by atoms with Gasteiger partial charge in [-0.25, -0.2) is 14.8 Å². The fraction of sp³-hybridized carbons (Fsp3) is 0.414. The zero-order valence-corrected chi connectivity index (χ0v) is 23.7. The second kappa shape index (κ2) is 16.0. The molecule has 41 heavy (non-hydrogen) atoms. The number of carboxylic acids is 1. The van der Waals surface area contributed by atoms with Gasteiger partial charge in [0.05, 0.1) is 24.1 Å². The number of aliphatic imine (C=N–C) groups is 1. The van der Waals surface area contributed by atoms with Crippen LogP contribution in [-0.4, -0.2) is 52.5 Å². The van der Waals surface area contributed by atoms with E-state index in [-0.39, 0.29) is 0 Å². The van der Waals surface area contributed by atoms with Crippen LogP contribution < -0.4 is 32.7 Å². The van der Waals surface area contributed by atoms with E-state index in [9.17, 15) is 14.7 Å². The van der Waals surface area contributed by atoms with Gasteiger partial charge in [0.15, 0.2) is 11.8 Å². The largest absolute Gasteiger partial charge is 0.480 e. The van der Waals surface area contributed by atoms with Crippen LogP contribution in [0, 0.1) is 0 Å². The van der Waals surface area contributed by atoms with Crippen LogP contribution in [0.4, 0.5) is 11.5 Å². The summed E-state index contributed by atoms with van der Waals surface area (Å²) in [7, 11) is 0. The van der Waals surface area contributed by atoms with Crippen LogP contribution in [0.1, 0.15) is 69.3 Å². The molecule has 1 aliphatic carbocycles. The van der Waals surface area contributed by atoms with Crippen LogP contribution >= 0.6 is 0 Å². The minimum Gasteiger partial charge on any atom is -0.480 e. The minimum atomic E-state index is -0.814. The normalized spacial score (nSPS) is 14.9. The van der Waals surface area contributed by atoms with Crippen molar-refractivity contribution in [3.63, 3.8) is 0 Å². The molecule has 220 valence electrons. The first kappa shape index (κ1) is 31.1. The monoisotopic (exact) mass is 563 g/mol. The van der Waals surface area contributed by atoms with E-state index >= 15 is 0 Å². The van der Waals surface area contributed by atoms with Crippen molar-refractivity contribution in [1.82, 2.24) is 25.9 Å². The number of hydrogen-bond acceptors (Lipinski definition) is 10. The lowest BCUT2D eigenvalue weighted by Gasteiger charge is -2.19. The molecule has 2 heterocycles. The fourth-order valence-corrected chi connectivity index (χ4v) is 4.09. The molecule has 2 aliphatic rings. The first-order valence-corrected chi connectivity index (χ1v) is 14.0. The Bertz CT molecular complexity index is 1270. The van der Waals surface area contributed by atoms with Crippen molar-refractivity contribution in [3.8, 4) is 0 Å². The van der Waals surface area contributed by atoms with Gasteiger partial charge in [0.25, 0.3) is 0 Å². The fourth-order valence-electron chi connectivity index (χ4n) is 4.09. The number of benzene rings is 1. The number of aromatic nitrogens is 2. The molecular weight excluding hydrogens is 522 g/mol. The highest BCUT2D eigenvalue weighted by Gasteiger charge is 2.24. The number of nitrogens with zero attached hydrogens (tertiary/aromatic N) is 3. The number of nitrogens with one attached hydrogen (secondary N) is 4. The second-order valence-electron chi connectivity index (χ2n) is 9.63. The van der Waals surface area contributed by atoms with Crippen molar-refractivity contribution in [2.45, 2.75) is 65.0 Å². The number of anilines is 1. The number of fused-ring (bicyclic) bond motifs is 1. The third-order valence-electron chi connectivity index (χ3n) is 6.26. The van der Waals surface area contributed by atoms with Crippen LogP contribution in [0.2, 0.25) is 0 Å². The average Bonchev–Trinajstić information content (AvgIpc) is 3.81. The van der Waals surface area contributed by atoms with Gasteiger partial charge in [-0.2, -0.15) is 4.99 Å². The highest BCUT2D eigenvalue weighted by Crippen LogP contribution is 2.35. The van der Waals surface area contributed by atoms with E-state index in [0.29, 0.717) is 49.9 Å². The first-order valence-electron chi connectivity index (χ1n) is 14.0. The van der Waals surface area contributed by atoms with Crippen molar-refractivity contribution < 1.29 is 14.7 Å². The molecule has 12 heteroatoms. The van der Waals surface area contributed by atoms with E-state index in [1.54, 1.807) is 6.20 Å². The molecule has 0 radical (unpaired) electrons. The van der Waals surface area contributed by atoms with Gasteiger partial charge in [0.1, 0.15) is 11.7 Å². The molecule has 1 atom stereocenters. The minimum absolute atomic E-state index is 0.312. The molecular formula is C29H41N9O3. The van der Waals surface area contributed by atoms with E-state index in [2.05, 4.69) is 31.2 Å². The van der Waals surface area contributed by atoms with Gasteiger partial charge in [0.2, 0.25) is 6.41 Å². The maximum atomic E-state index is 11.6. The number of nitrogens with two attached hydrogens (primary N) is 2. The molecule has 1 aromatic heterocycles. The Morgan fingerprint density at radius 1 is 1.22 bits per heavy atom. The van der Waals surface area contributed by atoms with Gasteiger partial charge in [-0.05, 0) is 61.9 Å². The van der Waals surface area contributed by atoms with Crippen molar-refractivity contribution in [3.05, 3.63) is 59.1 Å². The SMILES string of the molecule is CC/C=C1\NC(N)=Nc2ncc(CNc3ccc(C(NC(CCC)C(=O)O)=C4CC4)cc3)nc21.NCCCNC=O. The maximum Gasteiger partial charge on any atom is 0.326 e. The molecule has 1 saturated carbocycles. The molecule has 9 N–H and O–H groups in total. The quantitative estimate of drug-likeness (QED) is 0.133. The van der Waals surface area contributed by atoms with Crippen LogP contribution in [0.15, 0.2) is 47.1 Å². The number of carbonyl (C=O) groups is 2. The molecule has 1 aromatic carbocycles. The molecule has 1 amide bonds. The highest BCUT2D eigenvalue weighted by atomic mass is 16.4.